The molecule has 0 aliphatic carbocycles. The van der Waals surface area contributed by atoms with Crippen LogP contribution in [0.4, 0.5) is 0 Å². The predicted molar refractivity (Wildman–Crippen MR) is 105 cm³/mol. The third-order valence-electron chi connectivity index (χ3n) is 4.31. The van der Waals surface area contributed by atoms with Crippen molar-refractivity contribution in [1.82, 2.24) is 5.32 Å². The molecule has 1 aliphatic heterocycles. The molecule has 0 bridgehead atoms. The summed E-state index contributed by atoms with van der Waals surface area (Å²) in [6.45, 7) is 9.25. The predicted octanol–water partition coefficient (Wildman–Crippen LogP) is 4.51. The molecular weight excluding hydrogens is 346 g/mol. The molecule has 1 unspecified atom stereocenters. The molecule has 0 aromatic heterocycles. The average molecular weight is 372 g/mol. The third-order valence-corrected chi connectivity index (χ3v) is 5.42. The molecule has 0 saturated carbocycles. The summed E-state index contributed by atoms with van der Waals surface area (Å²) in [5.74, 6) is 1.51. The van der Waals surface area contributed by atoms with E-state index in [1.165, 1.54) is 5.56 Å². The van der Waals surface area contributed by atoms with Crippen molar-refractivity contribution in [2.24, 2.45) is 0 Å². The van der Waals surface area contributed by atoms with Gasteiger partial charge in [0.15, 0.2) is 11.5 Å². The summed E-state index contributed by atoms with van der Waals surface area (Å²) >= 11 is 1.57. The van der Waals surface area contributed by atoms with Crippen molar-refractivity contribution in [3.8, 4) is 11.5 Å². The SMILES string of the molecule is CC(Sc1ccc(C(C)(C)C)cc1)C(=O)NCc1ccc2c(c1)OCO2. The molecular formula is C21H25NO3S. The molecule has 0 fully saturated rings. The van der Waals surface area contributed by atoms with Crippen molar-refractivity contribution in [2.75, 3.05) is 6.79 Å². The van der Waals surface area contributed by atoms with Gasteiger partial charge in [0.05, 0.1) is 5.25 Å². The smallest absolute Gasteiger partial charge is 0.233 e. The number of benzene rings is 2. The van der Waals surface area contributed by atoms with Crippen LogP contribution in [-0.4, -0.2) is 18.0 Å². The fourth-order valence-electron chi connectivity index (χ4n) is 2.67. The molecule has 1 aliphatic rings. The molecule has 2 aromatic carbocycles. The fraction of sp³-hybridized carbons (Fsp3) is 0.381. The highest BCUT2D eigenvalue weighted by Crippen LogP contribution is 2.32. The number of fused-ring (bicyclic) bond motifs is 1. The van der Waals surface area contributed by atoms with Gasteiger partial charge < -0.3 is 14.8 Å². The van der Waals surface area contributed by atoms with E-state index in [1.54, 1.807) is 11.8 Å². The maximum absolute atomic E-state index is 12.4. The lowest BCUT2D eigenvalue weighted by molar-refractivity contribution is -0.120. The summed E-state index contributed by atoms with van der Waals surface area (Å²) in [6, 6.07) is 14.2. The van der Waals surface area contributed by atoms with Gasteiger partial charge in [-0.05, 0) is 47.7 Å². The quantitative estimate of drug-likeness (QED) is 0.786. The minimum Gasteiger partial charge on any atom is -0.454 e. The molecule has 1 amide bonds. The van der Waals surface area contributed by atoms with Crippen molar-refractivity contribution in [2.45, 2.75) is 49.8 Å². The van der Waals surface area contributed by atoms with Crippen molar-refractivity contribution in [1.29, 1.82) is 0 Å². The molecule has 1 N–H and O–H groups in total. The molecule has 2 aromatic rings. The van der Waals surface area contributed by atoms with Crippen molar-refractivity contribution in [3.05, 3.63) is 53.6 Å². The first-order valence-corrected chi connectivity index (χ1v) is 9.64. The number of ether oxygens (including phenoxy) is 2. The van der Waals surface area contributed by atoms with Gasteiger partial charge in [-0.1, -0.05) is 39.0 Å². The number of thioether (sulfide) groups is 1. The van der Waals surface area contributed by atoms with E-state index in [0.717, 1.165) is 22.0 Å². The first kappa shape index (κ1) is 18.6. The van der Waals surface area contributed by atoms with E-state index in [1.807, 2.05) is 25.1 Å². The average Bonchev–Trinajstić information content (AvgIpc) is 3.07. The fourth-order valence-corrected chi connectivity index (χ4v) is 3.57. The van der Waals surface area contributed by atoms with Crippen LogP contribution in [-0.2, 0) is 16.8 Å². The maximum Gasteiger partial charge on any atom is 0.233 e. The lowest BCUT2D eigenvalue weighted by Crippen LogP contribution is -2.30. The molecule has 1 heterocycles. The van der Waals surface area contributed by atoms with Gasteiger partial charge >= 0.3 is 0 Å². The molecule has 138 valence electrons. The standard InChI is InChI=1S/C21H25NO3S/c1-14(26-17-8-6-16(7-9-17)21(2,3)4)20(23)22-12-15-5-10-18-19(11-15)25-13-24-18/h5-11,14H,12-13H2,1-4H3,(H,22,23). The van der Waals surface area contributed by atoms with Gasteiger partial charge in [0.2, 0.25) is 12.7 Å². The van der Waals surface area contributed by atoms with Crippen LogP contribution in [0, 0.1) is 0 Å². The highest BCUT2D eigenvalue weighted by Gasteiger charge is 2.17. The Labute approximate surface area is 159 Å². The second-order valence-corrected chi connectivity index (χ2v) is 8.85. The van der Waals surface area contributed by atoms with E-state index in [-0.39, 0.29) is 23.4 Å². The third kappa shape index (κ3) is 4.52. The topological polar surface area (TPSA) is 47.6 Å². The number of amides is 1. The molecule has 3 rings (SSSR count). The van der Waals surface area contributed by atoms with Crippen LogP contribution in [0.2, 0.25) is 0 Å². The maximum atomic E-state index is 12.4. The Kier molecular flexibility index (Phi) is 5.47. The van der Waals surface area contributed by atoms with Crippen LogP contribution >= 0.6 is 11.8 Å². The van der Waals surface area contributed by atoms with E-state index in [4.69, 9.17) is 9.47 Å². The zero-order valence-electron chi connectivity index (χ0n) is 15.7. The number of hydrogen-bond acceptors (Lipinski definition) is 4. The van der Waals surface area contributed by atoms with E-state index in [2.05, 4.69) is 50.4 Å². The molecule has 26 heavy (non-hydrogen) atoms. The number of hydrogen-bond donors (Lipinski definition) is 1. The summed E-state index contributed by atoms with van der Waals surface area (Å²) < 4.78 is 10.7. The summed E-state index contributed by atoms with van der Waals surface area (Å²) in [7, 11) is 0. The van der Waals surface area contributed by atoms with Crippen LogP contribution in [0.1, 0.15) is 38.8 Å². The summed E-state index contributed by atoms with van der Waals surface area (Å²) in [6.07, 6.45) is 0. The normalized spacial score (nSPS) is 14.2. The van der Waals surface area contributed by atoms with Gasteiger partial charge in [0, 0.05) is 11.4 Å². The minimum absolute atomic E-state index is 0.0209. The first-order chi connectivity index (χ1) is 12.3. The molecule has 0 radical (unpaired) electrons. The molecule has 0 saturated heterocycles. The van der Waals surface area contributed by atoms with Crippen molar-refractivity contribution in [3.63, 3.8) is 0 Å². The summed E-state index contributed by atoms with van der Waals surface area (Å²) in [4.78, 5) is 13.5. The molecule has 1 atom stereocenters. The van der Waals surface area contributed by atoms with Crippen molar-refractivity contribution < 1.29 is 14.3 Å². The monoisotopic (exact) mass is 371 g/mol. The van der Waals surface area contributed by atoms with Crippen molar-refractivity contribution >= 4 is 17.7 Å². The van der Waals surface area contributed by atoms with Crippen LogP contribution in [0.5, 0.6) is 11.5 Å². The second-order valence-electron chi connectivity index (χ2n) is 7.44. The summed E-state index contributed by atoms with van der Waals surface area (Å²) in [5, 5.41) is 2.83. The Bertz CT molecular complexity index is 781. The number of carbonyl (C=O) groups excluding carboxylic acids is 1. The van der Waals surface area contributed by atoms with Gasteiger partial charge in [-0.3, -0.25) is 4.79 Å². The van der Waals surface area contributed by atoms with Crippen LogP contribution in [0.3, 0.4) is 0 Å². The van der Waals surface area contributed by atoms with Gasteiger partial charge in [-0.2, -0.15) is 0 Å². The highest BCUT2D eigenvalue weighted by molar-refractivity contribution is 8.00. The number of nitrogens with one attached hydrogen (secondary N) is 1. The zero-order valence-corrected chi connectivity index (χ0v) is 16.5. The van der Waals surface area contributed by atoms with Crippen LogP contribution in [0.25, 0.3) is 0 Å². The van der Waals surface area contributed by atoms with Crippen LogP contribution < -0.4 is 14.8 Å². The Hall–Kier alpha value is -2.14. The minimum atomic E-state index is -0.163. The van der Waals surface area contributed by atoms with E-state index < -0.39 is 0 Å². The molecule has 5 heteroatoms. The summed E-state index contributed by atoms with van der Waals surface area (Å²) in [5.41, 5.74) is 2.42. The zero-order chi connectivity index (χ0) is 18.7. The van der Waals surface area contributed by atoms with Crippen LogP contribution in [0.15, 0.2) is 47.4 Å². The van der Waals surface area contributed by atoms with E-state index in [0.29, 0.717) is 6.54 Å². The Morgan fingerprint density at radius 1 is 1.12 bits per heavy atom. The van der Waals surface area contributed by atoms with E-state index in [9.17, 15) is 4.79 Å². The largest absolute Gasteiger partial charge is 0.454 e. The molecule has 0 spiro atoms. The number of rotatable bonds is 5. The lowest BCUT2D eigenvalue weighted by atomic mass is 9.87. The van der Waals surface area contributed by atoms with Gasteiger partial charge in [0.1, 0.15) is 0 Å². The van der Waals surface area contributed by atoms with Gasteiger partial charge in [0.25, 0.3) is 0 Å². The Morgan fingerprint density at radius 2 is 1.81 bits per heavy atom. The first-order valence-electron chi connectivity index (χ1n) is 8.76. The lowest BCUT2D eigenvalue weighted by Gasteiger charge is -2.19. The van der Waals surface area contributed by atoms with Gasteiger partial charge in [-0.25, -0.2) is 0 Å². The Balaban J connectivity index is 1.53. The van der Waals surface area contributed by atoms with Gasteiger partial charge in [-0.15, -0.1) is 11.8 Å². The molecule has 4 nitrogen and oxygen atoms in total. The Morgan fingerprint density at radius 3 is 2.50 bits per heavy atom. The number of carbonyl (C=O) groups is 1. The highest BCUT2D eigenvalue weighted by atomic mass is 32.2. The van der Waals surface area contributed by atoms with E-state index >= 15 is 0 Å². The second kappa shape index (κ2) is 7.62.